The third-order valence-corrected chi connectivity index (χ3v) is 3.59. The largest absolute Gasteiger partial charge is 0.371 e. The summed E-state index contributed by atoms with van der Waals surface area (Å²) >= 11 is 5.81. The van der Waals surface area contributed by atoms with Crippen LogP contribution in [0.4, 0.5) is 5.69 Å². The molecule has 0 saturated carbocycles. The van der Waals surface area contributed by atoms with E-state index in [1.165, 1.54) is 24.9 Å². The average molecular weight is 239 g/mol. The first-order valence-electron chi connectivity index (χ1n) is 6.05. The van der Waals surface area contributed by atoms with E-state index in [0.717, 1.165) is 24.7 Å². The molecule has 1 fully saturated rings. The third kappa shape index (κ3) is 2.88. The molecule has 3 heteroatoms. The van der Waals surface area contributed by atoms with Crippen LogP contribution in [0.15, 0.2) is 18.3 Å². The Morgan fingerprint density at radius 3 is 3.12 bits per heavy atom. The van der Waals surface area contributed by atoms with Crippen molar-refractivity contribution in [3.63, 3.8) is 0 Å². The fourth-order valence-electron chi connectivity index (χ4n) is 2.26. The Balaban J connectivity index is 2.10. The second-order valence-corrected chi connectivity index (χ2v) is 4.93. The molecule has 1 aromatic rings. The summed E-state index contributed by atoms with van der Waals surface area (Å²) in [7, 11) is 0. The van der Waals surface area contributed by atoms with Crippen LogP contribution in [0, 0.1) is 5.92 Å². The van der Waals surface area contributed by atoms with Crippen LogP contribution in [0.25, 0.3) is 0 Å². The molecule has 0 spiro atoms. The molecular formula is C13H19ClN2. The second kappa shape index (κ2) is 5.53. The van der Waals surface area contributed by atoms with Crippen LogP contribution in [0.2, 0.25) is 0 Å². The summed E-state index contributed by atoms with van der Waals surface area (Å²) in [5, 5.41) is 0. The molecule has 0 aromatic carbocycles. The molecule has 0 bridgehead atoms. The van der Waals surface area contributed by atoms with Crippen molar-refractivity contribution < 1.29 is 0 Å². The van der Waals surface area contributed by atoms with E-state index >= 15 is 0 Å². The van der Waals surface area contributed by atoms with Gasteiger partial charge in [0.05, 0.1) is 11.6 Å². The lowest BCUT2D eigenvalue weighted by atomic mass is 10.0. The predicted octanol–water partition coefficient (Wildman–Crippen LogP) is 3.45. The number of pyridine rings is 1. The average Bonchev–Trinajstić information content (AvgIpc) is 2.54. The van der Waals surface area contributed by atoms with E-state index in [2.05, 4.69) is 28.9 Å². The molecule has 16 heavy (non-hydrogen) atoms. The molecule has 1 aliphatic heterocycles. The summed E-state index contributed by atoms with van der Waals surface area (Å²) < 4.78 is 0. The molecular weight excluding hydrogens is 220 g/mol. The van der Waals surface area contributed by atoms with Crippen LogP contribution in [0.1, 0.15) is 31.9 Å². The number of halogens is 1. The van der Waals surface area contributed by atoms with Crippen molar-refractivity contribution in [1.82, 2.24) is 4.98 Å². The Morgan fingerprint density at radius 2 is 2.31 bits per heavy atom. The maximum absolute atomic E-state index is 5.81. The minimum absolute atomic E-state index is 0.498. The SMILES string of the molecule is CC1CCCN(c2ccnc(CCl)c2)CC1. The van der Waals surface area contributed by atoms with Gasteiger partial charge in [-0.05, 0) is 37.3 Å². The maximum atomic E-state index is 5.81. The van der Waals surface area contributed by atoms with Gasteiger partial charge in [0.25, 0.3) is 0 Å². The molecule has 2 nitrogen and oxygen atoms in total. The molecule has 1 atom stereocenters. The highest BCUT2D eigenvalue weighted by atomic mass is 35.5. The molecule has 1 saturated heterocycles. The molecule has 2 rings (SSSR count). The normalized spacial score (nSPS) is 21.9. The van der Waals surface area contributed by atoms with Gasteiger partial charge in [-0.25, -0.2) is 0 Å². The molecule has 0 N–H and O–H groups in total. The van der Waals surface area contributed by atoms with Crippen LogP contribution in [-0.4, -0.2) is 18.1 Å². The van der Waals surface area contributed by atoms with Gasteiger partial charge in [-0.15, -0.1) is 11.6 Å². The van der Waals surface area contributed by atoms with Gasteiger partial charge in [0.15, 0.2) is 0 Å². The third-order valence-electron chi connectivity index (χ3n) is 3.32. The van der Waals surface area contributed by atoms with Crippen molar-refractivity contribution in [2.75, 3.05) is 18.0 Å². The van der Waals surface area contributed by atoms with E-state index in [1.807, 2.05) is 6.20 Å². The fourth-order valence-corrected chi connectivity index (χ4v) is 2.40. The van der Waals surface area contributed by atoms with Crippen molar-refractivity contribution in [2.45, 2.75) is 32.1 Å². The summed E-state index contributed by atoms with van der Waals surface area (Å²) in [4.78, 5) is 6.69. The molecule has 88 valence electrons. The van der Waals surface area contributed by atoms with Gasteiger partial charge in [-0.3, -0.25) is 4.98 Å². The molecule has 0 amide bonds. The van der Waals surface area contributed by atoms with Crippen LogP contribution < -0.4 is 4.90 Å². The van der Waals surface area contributed by atoms with Crippen LogP contribution in [0.5, 0.6) is 0 Å². The predicted molar refractivity (Wildman–Crippen MR) is 69.0 cm³/mol. The second-order valence-electron chi connectivity index (χ2n) is 4.66. The summed E-state index contributed by atoms with van der Waals surface area (Å²) in [6.07, 6.45) is 5.80. The lowest BCUT2D eigenvalue weighted by molar-refractivity contribution is 0.521. The van der Waals surface area contributed by atoms with Crippen LogP contribution in [0.3, 0.4) is 0 Å². The molecule has 1 aromatic heterocycles. The summed E-state index contributed by atoms with van der Waals surface area (Å²) in [6, 6.07) is 4.20. The Hall–Kier alpha value is -0.760. The standard InChI is InChI=1S/C13H19ClN2/c1-11-3-2-7-16(8-5-11)13-4-6-15-12(9-13)10-14/h4,6,9,11H,2-3,5,7-8,10H2,1H3. The number of hydrogen-bond acceptors (Lipinski definition) is 2. The molecule has 0 radical (unpaired) electrons. The number of rotatable bonds is 2. The topological polar surface area (TPSA) is 16.1 Å². The zero-order valence-electron chi connectivity index (χ0n) is 9.82. The van der Waals surface area contributed by atoms with Gasteiger partial charge in [-0.2, -0.15) is 0 Å². The molecule has 2 heterocycles. The molecule has 1 aliphatic rings. The first kappa shape index (κ1) is 11.7. The van der Waals surface area contributed by atoms with Gasteiger partial charge in [0.1, 0.15) is 0 Å². The smallest absolute Gasteiger partial charge is 0.0648 e. The van der Waals surface area contributed by atoms with Gasteiger partial charge in [-0.1, -0.05) is 6.92 Å². The Kier molecular flexibility index (Phi) is 4.05. The van der Waals surface area contributed by atoms with Gasteiger partial charge in [0, 0.05) is 25.0 Å². The lowest BCUT2D eigenvalue weighted by Crippen LogP contribution is -2.24. The lowest BCUT2D eigenvalue weighted by Gasteiger charge is -2.22. The number of alkyl halides is 1. The Bertz CT molecular complexity index is 340. The minimum atomic E-state index is 0.498. The highest BCUT2D eigenvalue weighted by Crippen LogP contribution is 2.22. The summed E-state index contributed by atoms with van der Waals surface area (Å²) in [5.74, 6) is 1.36. The van der Waals surface area contributed by atoms with Gasteiger partial charge < -0.3 is 4.90 Å². The van der Waals surface area contributed by atoms with Crippen molar-refractivity contribution in [2.24, 2.45) is 5.92 Å². The van der Waals surface area contributed by atoms with E-state index in [4.69, 9.17) is 11.6 Å². The van der Waals surface area contributed by atoms with E-state index in [0.29, 0.717) is 5.88 Å². The Labute approximate surface area is 103 Å². The van der Waals surface area contributed by atoms with E-state index in [-0.39, 0.29) is 0 Å². The van der Waals surface area contributed by atoms with Crippen LogP contribution >= 0.6 is 11.6 Å². The van der Waals surface area contributed by atoms with E-state index in [9.17, 15) is 0 Å². The maximum Gasteiger partial charge on any atom is 0.0648 e. The summed E-state index contributed by atoms with van der Waals surface area (Å²) in [5.41, 5.74) is 2.25. The highest BCUT2D eigenvalue weighted by Gasteiger charge is 2.14. The number of anilines is 1. The van der Waals surface area contributed by atoms with Gasteiger partial charge in [0.2, 0.25) is 0 Å². The Morgan fingerprint density at radius 1 is 1.44 bits per heavy atom. The number of nitrogens with zero attached hydrogens (tertiary/aromatic N) is 2. The zero-order chi connectivity index (χ0) is 11.4. The van der Waals surface area contributed by atoms with Crippen molar-refractivity contribution in [3.05, 3.63) is 24.0 Å². The van der Waals surface area contributed by atoms with Crippen molar-refractivity contribution >= 4 is 17.3 Å². The zero-order valence-corrected chi connectivity index (χ0v) is 10.6. The highest BCUT2D eigenvalue weighted by molar-refractivity contribution is 6.16. The minimum Gasteiger partial charge on any atom is -0.371 e. The van der Waals surface area contributed by atoms with Crippen LogP contribution in [-0.2, 0) is 5.88 Å². The quantitative estimate of drug-likeness (QED) is 0.734. The monoisotopic (exact) mass is 238 g/mol. The number of hydrogen-bond donors (Lipinski definition) is 0. The molecule has 1 unspecified atom stereocenters. The van der Waals surface area contributed by atoms with E-state index in [1.54, 1.807) is 0 Å². The van der Waals surface area contributed by atoms with E-state index < -0.39 is 0 Å². The van der Waals surface area contributed by atoms with Gasteiger partial charge >= 0.3 is 0 Å². The van der Waals surface area contributed by atoms with Crippen molar-refractivity contribution in [3.8, 4) is 0 Å². The fraction of sp³-hybridized carbons (Fsp3) is 0.615. The first-order valence-corrected chi connectivity index (χ1v) is 6.59. The van der Waals surface area contributed by atoms with Crippen molar-refractivity contribution in [1.29, 1.82) is 0 Å². The molecule has 0 aliphatic carbocycles. The first-order chi connectivity index (χ1) is 7.79. The number of aromatic nitrogens is 1. The summed E-state index contributed by atoms with van der Waals surface area (Å²) in [6.45, 7) is 4.67.